The van der Waals surface area contributed by atoms with Gasteiger partial charge in [0.25, 0.3) is 0 Å². The Hall–Kier alpha value is -1.35. The van der Waals surface area contributed by atoms with Crippen LogP contribution in [0.15, 0.2) is 24.3 Å². The maximum Gasteiger partial charge on any atom is 0.150 e. The Morgan fingerprint density at radius 3 is 3.00 bits per heavy atom. The molecule has 1 rings (SSSR count). The highest BCUT2D eigenvalue weighted by Crippen LogP contribution is 2.11. The fourth-order valence-electron chi connectivity index (χ4n) is 0.894. The van der Waals surface area contributed by atoms with E-state index in [1.165, 1.54) is 0 Å². The lowest BCUT2D eigenvalue weighted by Crippen LogP contribution is -2.12. The average Bonchev–Trinajstić information content (AvgIpc) is 2.15. The van der Waals surface area contributed by atoms with E-state index in [9.17, 15) is 4.79 Å². The minimum absolute atomic E-state index is 0.238. The Morgan fingerprint density at radius 1 is 1.62 bits per heavy atom. The SMILES string of the molecule is CC(O)COc1cccc(C=O)c1. The van der Waals surface area contributed by atoms with E-state index >= 15 is 0 Å². The van der Waals surface area contributed by atoms with Crippen molar-refractivity contribution in [3.63, 3.8) is 0 Å². The van der Waals surface area contributed by atoms with Crippen molar-refractivity contribution >= 4 is 6.29 Å². The summed E-state index contributed by atoms with van der Waals surface area (Å²) in [5.41, 5.74) is 0.572. The molecule has 0 aliphatic rings. The summed E-state index contributed by atoms with van der Waals surface area (Å²) in [5, 5.41) is 8.95. The Bertz CT molecular complexity index is 281. The van der Waals surface area contributed by atoms with E-state index in [-0.39, 0.29) is 6.61 Å². The van der Waals surface area contributed by atoms with Crippen LogP contribution in [0.25, 0.3) is 0 Å². The molecule has 0 aromatic heterocycles. The molecular weight excluding hydrogens is 168 g/mol. The number of ether oxygens (including phenoxy) is 1. The van der Waals surface area contributed by atoms with Crippen LogP contribution >= 0.6 is 0 Å². The standard InChI is InChI=1S/C10H12O3/c1-8(12)7-13-10-4-2-3-9(5-10)6-11/h2-6,8,12H,7H2,1H3. The van der Waals surface area contributed by atoms with Gasteiger partial charge in [-0.2, -0.15) is 0 Å². The highest BCUT2D eigenvalue weighted by molar-refractivity contribution is 5.75. The van der Waals surface area contributed by atoms with Gasteiger partial charge in [-0.05, 0) is 19.1 Å². The van der Waals surface area contributed by atoms with Crippen molar-refractivity contribution in [1.29, 1.82) is 0 Å². The first-order valence-corrected chi connectivity index (χ1v) is 4.08. The van der Waals surface area contributed by atoms with Crippen molar-refractivity contribution < 1.29 is 14.6 Å². The van der Waals surface area contributed by atoms with Gasteiger partial charge in [0.2, 0.25) is 0 Å². The molecule has 1 unspecified atom stereocenters. The molecule has 1 atom stereocenters. The molecule has 1 aromatic carbocycles. The highest BCUT2D eigenvalue weighted by atomic mass is 16.5. The zero-order valence-corrected chi connectivity index (χ0v) is 7.43. The lowest BCUT2D eigenvalue weighted by atomic mass is 10.2. The number of aliphatic hydroxyl groups excluding tert-OH is 1. The number of carbonyl (C=O) groups excluding carboxylic acids is 1. The van der Waals surface area contributed by atoms with Crippen LogP contribution in [0.4, 0.5) is 0 Å². The summed E-state index contributed by atoms with van der Waals surface area (Å²) >= 11 is 0. The van der Waals surface area contributed by atoms with Crippen molar-refractivity contribution in [2.24, 2.45) is 0 Å². The van der Waals surface area contributed by atoms with Crippen LogP contribution in [0.1, 0.15) is 17.3 Å². The summed E-state index contributed by atoms with van der Waals surface area (Å²) in [7, 11) is 0. The Kier molecular flexibility index (Phi) is 3.46. The largest absolute Gasteiger partial charge is 0.491 e. The molecule has 13 heavy (non-hydrogen) atoms. The summed E-state index contributed by atoms with van der Waals surface area (Å²) in [6, 6.07) is 6.81. The van der Waals surface area contributed by atoms with Gasteiger partial charge < -0.3 is 9.84 Å². The van der Waals surface area contributed by atoms with E-state index in [1.807, 2.05) is 0 Å². The van der Waals surface area contributed by atoms with E-state index in [1.54, 1.807) is 31.2 Å². The first kappa shape index (κ1) is 9.74. The maximum atomic E-state index is 10.4. The fraction of sp³-hybridized carbons (Fsp3) is 0.300. The number of benzene rings is 1. The average molecular weight is 180 g/mol. The lowest BCUT2D eigenvalue weighted by Gasteiger charge is -2.07. The van der Waals surface area contributed by atoms with Crippen LogP contribution in [0.5, 0.6) is 5.75 Å². The van der Waals surface area contributed by atoms with Crippen LogP contribution in [-0.4, -0.2) is 24.1 Å². The van der Waals surface area contributed by atoms with Gasteiger partial charge >= 0.3 is 0 Å². The minimum atomic E-state index is -0.500. The smallest absolute Gasteiger partial charge is 0.150 e. The number of hydrogen-bond acceptors (Lipinski definition) is 3. The maximum absolute atomic E-state index is 10.4. The second-order valence-corrected chi connectivity index (χ2v) is 2.85. The summed E-state index contributed by atoms with van der Waals surface area (Å²) in [4.78, 5) is 10.4. The predicted octanol–water partition coefficient (Wildman–Crippen LogP) is 1.26. The van der Waals surface area contributed by atoms with Crippen molar-refractivity contribution in [2.75, 3.05) is 6.61 Å². The fourth-order valence-corrected chi connectivity index (χ4v) is 0.894. The van der Waals surface area contributed by atoms with Gasteiger partial charge in [0.05, 0.1) is 6.10 Å². The van der Waals surface area contributed by atoms with Crippen molar-refractivity contribution in [3.8, 4) is 5.75 Å². The molecule has 0 amide bonds. The Morgan fingerprint density at radius 2 is 2.38 bits per heavy atom. The highest BCUT2D eigenvalue weighted by Gasteiger charge is 1.98. The third kappa shape index (κ3) is 3.25. The first-order chi connectivity index (χ1) is 6.22. The first-order valence-electron chi connectivity index (χ1n) is 4.08. The third-order valence-electron chi connectivity index (χ3n) is 1.49. The van der Waals surface area contributed by atoms with Crippen LogP contribution in [0.2, 0.25) is 0 Å². The molecule has 1 aromatic rings. The van der Waals surface area contributed by atoms with Crippen LogP contribution in [-0.2, 0) is 0 Å². The molecule has 3 nitrogen and oxygen atoms in total. The van der Waals surface area contributed by atoms with Gasteiger partial charge in [0, 0.05) is 5.56 Å². The van der Waals surface area contributed by atoms with Crippen LogP contribution < -0.4 is 4.74 Å². The van der Waals surface area contributed by atoms with Gasteiger partial charge in [0.15, 0.2) is 0 Å². The molecule has 0 radical (unpaired) electrons. The normalized spacial score (nSPS) is 12.2. The van der Waals surface area contributed by atoms with E-state index in [2.05, 4.69) is 0 Å². The van der Waals surface area contributed by atoms with E-state index in [0.29, 0.717) is 11.3 Å². The number of hydrogen-bond donors (Lipinski definition) is 1. The minimum Gasteiger partial charge on any atom is -0.491 e. The number of carbonyl (C=O) groups is 1. The van der Waals surface area contributed by atoms with Gasteiger partial charge in [-0.25, -0.2) is 0 Å². The number of aldehydes is 1. The Balaban J connectivity index is 2.61. The molecule has 3 heteroatoms. The summed E-state index contributed by atoms with van der Waals surface area (Å²) < 4.78 is 5.20. The molecule has 0 saturated carbocycles. The van der Waals surface area contributed by atoms with Crippen LogP contribution in [0.3, 0.4) is 0 Å². The summed E-state index contributed by atoms with van der Waals surface area (Å²) in [5.74, 6) is 0.602. The molecule has 0 spiro atoms. The van der Waals surface area contributed by atoms with Crippen molar-refractivity contribution in [3.05, 3.63) is 29.8 Å². The second kappa shape index (κ2) is 4.62. The van der Waals surface area contributed by atoms with Gasteiger partial charge in [-0.15, -0.1) is 0 Å². The molecule has 70 valence electrons. The van der Waals surface area contributed by atoms with Crippen molar-refractivity contribution in [1.82, 2.24) is 0 Å². The quantitative estimate of drug-likeness (QED) is 0.709. The predicted molar refractivity (Wildman–Crippen MR) is 49.0 cm³/mol. The molecule has 0 aliphatic heterocycles. The van der Waals surface area contributed by atoms with Crippen LogP contribution in [0, 0.1) is 0 Å². The van der Waals surface area contributed by atoms with E-state index in [0.717, 1.165) is 6.29 Å². The van der Waals surface area contributed by atoms with Gasteiger partial charge in [0.1, 0.15) is 18.6 Å². The number of rotatable bonds is 4. The molecule has 1 N–H and O–H groups in total. The van der Waals surface area contributed by atoms with E-state index < -0.39 is 6.10 Å². The summed E-state index contributed by atoms with van der Waals surface area (Å²) in [6.45, 7) is 1.88. The molecular formula is C10H12O3. The number of aliphatic hydroxyl groups is 1. The van der Waals surface area contributed by atoms with Gasteiger partial charge in [-0.3, -0.25) is 4.79 Å². The Labute approximate surface area is 77.0 Å². The monoisotopic (exact) mass is 180 g/mol. The molecule has 0 heterocycles. The molecule has 0 bridgehead atoms. The zero-order valence-electron chi connectivity index (χ0n) is 7.43. The zero-order chi connectivity index (χ0) is 9.68. The molecule has 0 fully saturated rings. The van der Waals surface area contributed by atoms with E-state index in [4.69, 9.17) is 9.84 Å². The van der Waals surface area contributed by atoms with Crippen molar-refractivity contribution in [2.45, 2.75) is 13.0 Å². The topological polar surface area (TPSA) is 46.5 Å². The molecule has 0 aliphatic carbocycles. The second-order valence-electron chi connectivity index (χ2n) is 2.85. The lowest BCUT2D eigenvalue weighted by molar-refractivity contribution is 0.112. The van der Waals surface area contributed by atoms with Gasteiger partial charge in [-0.1, -0.05) is 12.1 Å². The third-order valence-corrected chi connectivity index (χ3v) is 1.49. The summed E-state index contributed by atoms with van der Waals surface area (Å²) in [6.07, 6.45) is 0.259. The molecule has 0 saturated heterocycles.